The van der Waals surface area contributed by atoms with Crippen molar-refractivity contribution in [2.45, 2.75) is 52.4 Å². The molecule has 4 nitrogen and oxygen atoms in total. The molecule has 0 radical (unpaired) electrons. The lowest BCUT2D eigenvalue weighted by atomic mass is 9.92. The maximum atomic E-state index is 12.8. The van der Waals surface area contributed by atoms with Gasteiger partial charge in [-0.3, -0.25) is 9.59 Å². The van der Waals surface area contributed by atoms with E-state index in [-0.39, 0.29) is 11.8 Å². The number of hydrogen-bond acceptors (Lipinski definition) is 2. The first-order chi connectivity index (χ1) is 13.4. The minimum absolute atomic E-state index is 0.0467. The zero-order chi connectivity index (χ0) is 20.1. The second-order valence-electron chi connectivity index (χ2n) is 8.79. The van der Waals surface area contributed by atoms with Gasteiger partial charge in [0.2, 0.25) is 11.8 Å². The number of amides is 2. The summed E-state index contributed by atoms with van der Waals surface area (Å²) in [6.07, 6.45) is 7.47. The van der Waals surface area contributed by atoms with Crippen molar-refractivity contribution in [1.82, 2.24) is 9.80 Å². The number of rotatable bonds is 4. The molecule has 0 saturated carbocycles. The van der Waals surface area contributed by atoms with E-state index in [1.807, 2.05) is 11.0 Å². The van der Waals surface area contributed by atoms with Crippen molar-refractivity contribution in [3.8, 4) is 0 Å². The lowest BCUT2D eigenvalue weighted by molar-refractivity contribution is -0.140. The van der Waals surface area contributed by atoms with E-state index in [1.54, 1.807) is 6.08 Å². The fourth-order valence-corrected chi connectivity index (χ4v) is 4.26. The lowest BCUT2D eigenvalue weighted by Crippen LogP contribution is -2.46. The monoisotopic (exact) mass is 382 g/mol. The molecule has 1 atom stereocenters. The molecule has 4 heteroatoms. The smallest absolute Gasteiger partial charge is 0.246 e. The summed E-state index contributed by atoms with van der Waals surface area (Å²) in [4.78, 5) is 29.2. The number of carbonyl (C=O) groups is 2. The van der Waals surface area contributed by atoms with Crippen LogP contribution in [0.1, 0.15) is 63.5 Å². The zero-order valence-corrected chi connectivity index (χ0v) is 17.6. The van der Waals surface area contributed by atoms with Crippen molar-refractivity contribution in [2.75, 3.05) is 26.2 Å². The van der Waals surface area contributed by atoms with Gasteiger partial charge in [0.1, 0.15) is 0 Å². The van der Waals surface area contributed by atoms with Crippen molar-refractivity contribution in [3.05, 3.63) is 41.5 Å². The van der Waals surface area contributed by atoms with E-state index in [4.69, 9.17) is 0 Å². The molecule has 1 aromatic rings. The Bertz CT molecular complexity index is 700. The molecular formula is C24H34N2O2. The largest absolute Gasteiger partial charge is 0.342 e. The fourth-order valence-electron chi connectivity index (χ4n) is 4.26. The first-order valence-corrected chi connectivity index (χ1v) is 10.8. The standard InChI is InChI=1S/C24H34N2O2/c1-18(2)21-9-6-20(7-10-21)8-11-23(27)25-15-12-22(13-16-25)24(28)26-14-4-5-19(3)17-26/h6-11,18-19,22H,4-5,12-17H2,1-3H3. The van der Waals surface area contributed by atoms with Gasteiger partial charge >= 0.3 is 0 Å². The molecule has 0 aromatic heterocycles. The van der Waals surface area contributed by atoms with Gasteiger partial charge in [0.05, 0.1) is 0 Å². The van der Waals surface area contributed by atoms with Gasteiger partial charge in [-0.1, -0.05) is 45.0 Å². The van der Waals surface area contributed by atoms with Gasteiger partial charge in [-0.15, -0.1) is 0 Å². The Kier molecular flexibility index (Phi) is 6.93. The third-order valence-electron chi connectivity index (χ3n) is 6.15. The predicted molar refractivity (Wildman–Crippen MR) is 114 cm³/mol. The lowest BCUT2D eigenvalue weighted by Gasteiger charge is -2.37. The molecular weight excluding hydrogens is 348 g/mol. The quantitative estimate of drug-likeness (QED) is 0.728. The summed E-state index contributed by atoms with van der Waals surface area (Å²) in [6.45, 7) is 9.73. The molecule has 28 heavy (non-hydrogen) atoms. The Morgan fingerprint density at radius 1 is 1.00 bits per heavy atom. The van der Waals surface area contributed by atoms with Crippen LogP contribution in [-0.4, -0.2) is 47.8 Å². The third kappa shape index (κ3) is 5.24. The number of likely N-dealkylation sites (tertiary alicyclic amines) is 2. The van der Waals surface area contributed by atoms with Crippen LogP contribution < -0.4 is 0 Å². The number of benzene rings is 1. The van der Waals surface area contributed by atoms with Crippen LogP contribution in [0, 0.1) is 11.8 Å². The molecule has 2 saturated heterocycles. The molecule has 1 unspecified atom stereocenters. The van der Waals surface area contributed by atoms with E-state index in [1.165, 1.54) is 12.0 Å². The molecule has 1 aromatic carbocycles. The predicted octanol–water partition coefficient (Wildman–Crippen LogP) is 4.32. The van der Waals surface area contributed by atoms with Gasteiger partial charge in [-0.25, -0.2) is 0 Å². The van der Waals surface area contributed by atoms with Crippen LogP contribution in [0.4, 0.5) is 0 Å². The Morgan fingerprint density at radius 3 is 2.29 bits per heavy atom. The van der Waals surface area contributed by atoms with E-state index in [0.717, 1.165) is 37.9 Å². The van der Waals surface area contributed by atoms with Crippen LogP contribution in [0.25, 0.3) is 6.08 Å². The van der Waals surface area contributed by atoms with Gasteiger partial charge in [0, 0.05) is 38.2 Å². The van der Waals surface area contributed by atoms with E-state index < -0.39 is 0 Å². The molecule has 0 bridgehead atoms. The summed E-state index contributed by atoms with van der Waals surface area (Å²) < 4.78 is 0. The summed E-state index contributed by atoms with van der Waals surface area (Å²) in [5.41, 5.74) is 2.35. The molecule has 2 amide bonds. The highest BCUT2D eigenvalue weighted by Crippen LogP contribution is 2.24. The molecule has 2 aliphatic rings. The minimum Gasteiger partial charge on any atom is -0.342 e. The Balaban J connectivity index is 1.48. The van der Waals surface area contributed by atoms with Crippen molar-refractivity contribution >= 4 is 17.9 Å². The van der Waals surface area contributed by atoms with Gasteiger partial charge < -0.3 is 9.80 Å². The van der Waals surface area contributed by atoms with Crippen LogP contribution >= 0.6 is 0 Å². The number of piperidine rings is 2. The summed E-state index contributed by atoms with van der Waals surface area (Å²) in [5.74, 6) is 1.56. The first kappa shape index (κ1) is 20.6. The highest BCUT2D eigenvalue weighted by atomic mass is 16.2. The molecule has 3 rings (SSSR count). The summed E-state index contributed by atoms with van der Waals surface area (Å²) in [7, 11) is 0. The molecule has 152 valence electrons. The second-order valence-corrected chi connectivity index (χ2v) is 8.79. The molecule has 0 N–H and O–H groups in total. The van der Waals surface area contributed by atoms with Crippen LogP contribution in [0.3, 0.4) is 0 Å². The van der Waals surface area contributed by atoms with E-state index in [0.29, 0.717) is 30.8 Å². The van der Waals surface area contributed by atoms with E-state index >= 15 is 0 Å². The average Bonchev–Trinajstić information content (AvgIpc) is 2.72. The van der Waals surface area contributed by atoms with Crippen molar-refractivity contribution in [3.63, 3.8) is 0 Å². The molecule has 0 spiro atoms. The summed E-state index contributed by atoms with van der Waals surface area (Å²) >= 11 is 0. The number of carbonyl (C=O) groups excluding carboxylic acids is 2. The fraction of sp³-hybridized carbons (Fsp3) is 0.583. The Morgan fingerprint density at radius 2 is 1.68 bits per heavy atom. The molecule has 2 heterocycles. The van der Waals surface area contributed by atoms with Gasteiger partial charge in [0.25, 0.3) is 0 Å². The third-order valence-corrected chi connectivity index (χ3v) is 6.15. The van der Waals surface area contributed by atoms with Crippen LogP contribution in [0.15, 0.2) is 30.3 Å². The van der Waals surface area contributed by atoms with Crippen molar-refractivity contribution in [2.24, 2.45) is 11.8 Å². The maximum absolute atomic E-state index is 12.8. The number of hydrogen-bond donors (Lipinski definition) is 0. The molecule has 2 fully saturated rings. The highest BCUT2D eigenvalue weighted by molar-refractivity contribution is 5.92. The SMILES string of the molecule is CC1CCCN(C(=O)C2CCN(C(=O)C=Cc3ccc(C(C)C)cc3)CC2)C1. The summed E-state index contributed by atoms with van der Waals surface area (Å²) in [5, 5.41) is 0. The van der Waals surface area contributed by atoms with Gasteiger partial charge in [0.15, 0.2) is 0 Å². The zero-order valence-electron chi connectivity index (χ0n) is 17.6. The van der Waals surface area contributed by atoms with Gasteiger partial charge in [-0.05, 0) is 54.7 Å². The normalized spacial score (nSPS) is 21.5. The van der Waals surface area contributed by atoms with Gasteiger partial charge in [-0.2, -0.15) is 0 Å². The Hall–Kier alpha value is -2.10. The van der Waals surface area contributed by atoms with Crippen LogP contribution in [-0.2, 0) is 9.59 Å². The topological polar surface area (TPSA) is 40.6 Å². The van der Waals surface area contributed by atoms with Crippen molar-refractivity contribution < 1.29 is 9.59 Å². The van der Waals surface area contributed by atoms with E-state index in [9.17, 15) is 9.59 Å². The molecule has 0 aliphatic carbocycles. The molecule has 2 aliphatic heterocycles. The average molecular weight is 383 g/mol. The first-order valence-electron chi connectivity index (χ1n) is 10.8. The van der Waals surface area contributed by atoms with E-state index in [2.05, 4.69) is 49.9 Å². The minimum atomic E-state index is 0.0467. The number of nitrogens with zero attached hydrogens (tertiary/aromatic N) is 2. The van der Waals surface area contributed by atoms with Crippen molar-refractivity contribution in [1.29, 1.82) is 0 Å². The summed E-state index contributed by atoms with van der Waals surface area (Å²) in [6, 6.07) is 8.36. The Labute approximate surface area is 169 Å². The second kappa shape index (κ2) is 9.40. The van der Waals surface area contributed by atoms with Crippen LogP contribution in [0.2, 0.25) is 0 Å². The highest BCUT2D eigenvalue weighted by Gasteiger charge is 2.31. The van der Waals surface area contributed by atoms with Crippen LogP contribution in [0.5, 0.6) is 0 Å². The maximum Gasteiger partial charge on any atom is 0.246 e.